The molecule has 1 aliphatic heterocycles. The van der Waals surface area contributed by atoms with E-state index in [1.54, 1.807) is 0 Å². The van der Waals surface area contributed by atoms with Crippen molar-refractivity contribution in [3.05, 3.63) is 0 Å². The summed E-state index contributed by atoms with van der Waals surface area (Å²) in [5.41, 5.74) is -0.260. The van der Waals surface area contributed by atoms with Crippen LogP contribution in [0, 0.1) is 5.92 Å². The second kappa shape index (κ2) is 5.17. The first-order valence-corrected chi connectivity index (χ1v) is 6.95. The standard InChI is InChI=1S/C14H25NO3/c1-10-7-15(9-14(3,4)18-10)13(16)11(2)17-8-12-5-6-12/h10-12H,5-9H2,1-4H3/t10-,11-/m1/s1. The molecule has 0 aromatic rings. The average Bonchev–Trinajstić information content (AvgIpc) is 3.05. The highest BCUT2D eigenvalue weighted by Crippen LogP contribution is 2.29. The Kier molecular flexibility index (Phi) is 3.97. The van der Waals surface area contributed by atoms with E-state index in [1.165, 1.54) is 12.8 Å². The highest BCUT2D eigenvalue weighted by molar-refractivity contribution is 5.80. The third kappa shape index (κ3) is 3.69. The lowest BCUT2D eigenvalue weighted by atomic mass is 10.1. The molecular formula is C14H25NO3. The van der Waals surface area contributed by atoms with Crippen LogP contribution in [0.4, 0.5) is 0 Å². The van der Waals surface area contributed by atoms with Gasteiger partial charge in [0.1, 0.15) is 6.10 Å². The van der Waals surface area contributed by atoms with Gasteiger partial charge in [0.15, 0.2) is 0 Å². The smallest absolute Gasteiger partial charge is 0.251 e. The van der Waals surface area contributed by atoms with Crippen LogP contribution in [0.3, 0.4) is 0 Å². The Morgan fingerprint density at radius 1 is 1.50 bits per heavy atom. The Bertz CT molecular complexity index is 312. The first-order valence-electron chi connectivity index (χ1n) is 6.95. The molecule has 4 heteroatoms. The van der Waals surface area contributed by atoms with E-state index in [9.17, 15) is 4.79 Å². The summed E-state index contributed by atoms with van der Waals surface area (Å²) in [6.07, 6.45) is 2.27. The van der Waals surface area contributed by atoms with Gasteiger partial charge >= 0.3 is 0 Å². The summed E-state index contributed by atoms with van der Waals surface area (Å²) < 4.78 is 11.5. The molecule has 1 aliphatic carbocycles. The van der Waals surface area contributed by atoms with Crippen molar-refractivity contribution in [3.8, 4) is 0 Å². The van der Waals surface area contributed by atoms with Crippen molar-refractivity contribution in [2.45, 2.75) is 58.3 Å². The van der Waals surface area contributed by atoms with Crippen LogP contribution in [-0.4, -0.2) is 48.3 Å². The zero-order valence-corrected chi connectivity index (χ0v) is 11.9. The molecule has 0 aromatic heterocycles. The largest absolute Gasteiger partial charge is 0.369 e. The second-order valence-electron chi connectivity index (χ2n) is 6.33. The van der Waals surface area contributed by atoms with Crippen molar-refractivity contribution >= 4 is 5.91 Å². The van der Waals surface area contributed by atoms with Gasteiger partial charge in [-0.15, -0.1) is 0 Å². The lowest BCUT2D eigenvalue weighted by Gasteiger charge is -2.42. The quantitative estimate of drug-likeness (QED) is 0.769. The summed E-state index contributed by atoms with van der Waals surface area (Å²) >= 11 is 0. The lowest BCUT2D eigenvalue weighted by Crippen LogP contribution is -2.55. The van der Waals surface area contributed by atoms with Crippen LogP contribution >= 0.6 is 0 Å². The van der Waals surface area contributed by atoms with E-state index in [1.807, 2.05) is 32.6 Å². The van der Waals surface area contributed by atoms with Gasteiger partial charge in [0, 0.05) is 13.1 Å². The number of ether oxygens (including phenoxy) is 2. The van der Waals surface area contributed by atoms with E-state index in [2.05, 4.69) is 0 Å². The van der Waals surface area contributed by atoms with E-state index in [-0.39, 0.29) is 23.7 Å². The molecule has 2 atom stereocenters. The SMILES string of the molecule is C[C@@H]1CN(C(=O)[C@@H](C)OCC2CC2)CC(C)(C)O1. The van der Waals surface area contributed by atoms with Crippen LogP contribution in [-0.2, 0) is 14.3 Å². The van der Waals surface area contributed by atoms with Gasteiger partial charge in [-0.05, 0) is 46.5 Å². The van der Waals surface area contributed by atoms with Gasteiger partial charge < -0.3 is 14.4 Å². The lowest BCUT2D eigenvalue weighted by molar-refractivity contribution is -0.167. The van der Waals surface area contributed by atoms with Crippen LogP contribution in [0.15, 0.2) is 0 Å². The second-order valence-corrected chi connectivity index (χ2v) is 6.33. The fraction of sp³-hybridized carbons (Fsp3) is 0.929. The molecular weight excluding hydrogens is 230 g/mol. The van der Waals surface area contributed by atoms with Crippen molar-refractivity contribution in [3.63, 3.8) is 0 Å². The van der Waals surface area contributed by atoms with E-state index < -0.39 is 0 Å². The molecule has 1 saturated carbocycles. The van der Waals surface area contributed by atoms with Crippen molar-refractivity contribution in [1.82, 2.24) is 4.90 Å². The zero-order chi connectivity index (χ0) is 13.3. The Morgan fingerprint density at radius 2 is 2.17 bits per heavy atom. The van der Waals surface area contributed by atoms with Crippen LogP contribution in [0.5, 0.6) is 0 Å². The van der Waals surface area contributed by atoms with Gasteiger partial charge in [0.25, 0.3) is 5.91 Å². The number of nitrogens with zero attached hydrogens (tertiary/aromatic N) is 1. The predicted octanol–water partition coefficient (Wildman–Crippen LogP) is 1.83. The summed E-state index contributed by atoms with van der Waals surface area (Å²) in [6.45, 7) is 9.97. The molecule has 1 saturated heterocycles. The average molecular weight is 255 g/mol. The summed E-state index contributed by atoms with van der Waals surface area (Å²) in [5, 5.41) is 0. The molecule has 2 fully saturated rings. The minimum Gasteiger partial charge on any atom is -0.369 e. The summed E-state index contributed by atoms with van der Waals surface area (Å²) in [6, 6.07) is 0. The van der Waals surface area contributed by atoms with E-state index in [0.717, 1.165) is 6.61 Å². The zero-order valence-electron chi connectivity index (χ0n) is 11.9. The van der Waals surface area contributed by atoms with Gasteiger partial charge in [-0.1, -0.05) is 0 Å². The third-order valence-corrected chi connectivity index (χ3v) is 3.51. The van der Waals surface area contributed by atoms with Crippen molar-refractivity contribution < 1.29 is 14.3 Å². The van der Waals surface area contributed by atoms with E-state index in [4.69, 9.17) is 9.47 Å². The Labute approximate surface area is 110 Å². The first kappa shape index (κ1) is 13.8. The van der Waals surface area contributed by atoms with E-state index in [0.29, 0.717) is 19.0 Å². The highest BCUT2D eigenvalue weighted by Gasteiger charge is 2.35. The molecule has 0 spiro atoms. The number of hydrogen-bond acceptors (Lipinski definition) is 3. The van der Waals surface area contributed by atoms with Gasteiger partial charge in [-0.2, -0.15) is 0 Å². The number of morpholine rings is 1. The number of carbonyl (C=O) groups excluding carboxylic acids is 1. The molecule has 1 heterocycles. The molecule has 104 valence electrons. The van der Waals surface area contributed by atoms with Crippen molar-refractivity contribution in [1.29, 1.82) is 0 Å². The number of amides is 1. The fourth-order valence-corrected chi connectivity index (χ4v) is 2.51. The number of hydrogen-bond donors (Lipinski definition) is 0. The third-order valence-electron chi connectivity index (χ3n) is 3.51. The van der Waals surface area contributed by atoms with Crippen LogP contribution in [0.25, 0.3) is 0 Å². The maximum atomic E-state index is 12.3. The predicted molar refractivity (Wildman–Crippen MR) is 69.3 cm³/mol. The topological polar surface area (TPSA) is 38.8 Å². The molecule has 0 aromatic carbocycles. The van der Waals surface area contributed by atoms with Gasteiger partial charge in [0.05, 0.1) is 18.3 Å². The summed E-state index contributed by atoms with van der Waals surface area (Å²) in [7, 11) is 0. The molecule has 0 unspecified atom stereocenters. The molecule has 2 aliphatic rings. The van der Waals surface area contributed by atoms with Crippen molar-refractivity contribution in [2.24, 2.45) is 5.92 Å². The minimum atomic E-state index is -0.327. The summed E-state index contributed by atoms with van der Waals surface area (Å²) in [5.74, 6) is 0.791. The number of carbonyl (C=O) groups is 1. The van der Waals surface area contributed by atoms with Crippen molar-refractivity contribution in [2.75, 3.05) is 19.7 Å². The molecule has 18 heavy (non-hydrogen) atoms. The Morgan fingerprint density at radius 3 is 2.72 bits per heavy atom. The maximum absolute atomic E-state index is 12.3. The maximum Gasteiger partial charge on any atom is 0.251 e. The van der Waals surface area contributed by atoms with Gasteiger partial charge in [0.2, 0.25) is 0 Å². The fourth-order valence-electron chi connectivity index (χ4n) is 2.51. The molecule has 2 rings (SSSR count). The summed E-state index contributed by atoms with van der Waals surface area (Å²) in [4.78, 5) is 14.2. The Hall–Kier alpha value is -0.610. The highest BCUT2D eigenvalue weighted by atomic mass is 16.5. The normalized spacial score (nSPS) is 29.1. The molecule has 0 bridgehead atoms. The molecule has 1 amide bonds. The molecule has 0 radical (unpaired) electrons. The monoisotopic (exact) mass is 255 g/mol. The van der Waals surface area contributed by atoms with Gasteiger partial charge in [-0.25, -0.2) is 0 Å². The Balaban J connectivity index is 1.86. The van der Waals surface area contributed by atoms with Crippen LogP contribution in [0.2, 0.25) is 0 Å². The van der Waals surface area contributed by atoms with Crippen LogP contribution in [0.1, 0.15) is 40.5 Å². The number of rotatable bonds is 4. The molecule has 0 N–H and O–H groups in total. The van der Waals surface area contributed by atoms with Crippen LogP contribution < -0.4 is 0 Å². The molecule has 4 nitrogen and oxygen atoms in total. The first-order chi connectivity index (χ1) is 8.37. The van der Waals surface area contributed by atoms with E-state index >= 15 is 0 Å². The minimum absolute atomic E-state index is 0.0910. The van der Waals surface area contributed by atoms with Gasteiger partial charge in [-0.3, -0.25) is 4.79 Å².